The van der Waals surface area contributed by atoms with Gasteiger partial charge in [0.2, 0.25) is 0 Å². The molecule has 0 spiro atoms. The van der Waals surface area contributed by atoms with E-state index in [1.54, 1.807) is 36.8 Å². The van der Waals surface area contributed by atoms with Gasteiger partial charge >= 0.3 is 5.97 Å². The second kappa shape index (κ2) is 5.51. The van der Waals surface area contributed by atoms with Crippen LogP contribution in [0.4, 0.5) is 0 Å². The summed E-state index contributed by atoms with van der Waals surface area (Å²) in [6, 6.07) is 3.57. The van der Waals surface area contributed by atoms with E-state index in [1.807, 2.05) is 0 Å². The van der Waals surface area contributed by atoms with Gasteiger partial charge in [-0.25, -0.2) is 9.42 Å². The van der Waals surface area contributed by atoms with E-state index in [2.05, 4.69) is 16.9 Å². The van der Waals surface area contributed by atoms with Gasteiger partial charge in [-0.05, 0) is 36.3 Å². The number of carbonyl (C=O) groups excluding carboxylic acids is 1. The van der Waals surface area contributed by atoms with Crippen molar-refractivity contribution in [2.75, 3.05) is 13.2 Å². The number of nitrogens with zero attached hydrogens (tertiary/aromatic N) is 3. The maximum atomic E-state index is 12.3. The number of fused-ring (bicyclic) bond motifs is 3. The Morgan fingerprint density at radius 2 is 2.27 bits per heavy atom. The second-order valence-electron chi connectivity index (χ2n) is 4.65. The summed E-state index contributed by atoms with van der Waals surface area (Å²) in [6.07, 6.45) is 1.63. The molecule has 0 aliphatic heterocycles. The minimum atomic E-state index is -0.429. The zero-order chi connectivity index (χ0) is 15.7. The normalized spacial score (nSPS) is 11.0. The van der Waals surface area contributed by atoms with Crippen LogP contribution in [0.1, 0.15) is 23.0 Å². The van der Waals surface area contributed by atoms with Gasteiger partial charge in [0, 0.05) is 5.39 Å². The Balaban J connectivity index is 2.34. The van der Waals surface area contributed by atoms with Gasteiger partial charge in [0.1, 0.15) is 17.6 Å². The van der Waals surface area contributed by atoms with Crippen molar-refractivity contribution in [2.45, 2.75) is 13.8 Å². The number of rotatable bonds is 5. The minimum absolute atomic E-state index is 0.283. The summed E-state index contributed by atoms with van der Waals surface area (Å²) < 4.78 is 11.5. The molecule has 3 rings (SSSR count). The summed E-state index contributed by atoms with van der Waals surface area (Å²) in [5.74, 6) is -0.429. The quantitative estimate of drug-likeness (QED) is 0.531. The largest absolute Gasteiger partial charge is 0.462 e. The fraction of sp³-hybridized carbons (Fsp3) is 0.267. The van der Waals surface area contributed by atoms with Gasteiger partial charge in [-0.2, -0.15) is 4.73 Å². The summed E-state index contributed by atoms with van der Waals surface area (Å²) in [7, 11) is 0. The van der Waals surface area contributed by atoms with Crippen LogP contribution in [0.15, 0.2) is 29.4 Å². The van der Waals surface area contributed by atoms with Crippen LogP contribution < -0.4 is 4.84 Å². The van der Waals surface area contributed by atoms with E-state index < -0.39 is 5.97 Å². The number of hydrogen-bond donors (Lipinski definition) is 0. The third-order valence-corrected chi connectivity index (χ3v) is 3.34. The third-order valence-electron chi connectivity index (χ3n) is 3.34. The van der Waals surface area contributed by atoms with E-state index in [0.29, 0.717) is 39.8 Å². The van der Waals surface area contributed by atoms with Crippen LogP contribution in [0.2, 0.25) is 0 Å². The van der Waals surface area contributed by atoms with E-state index in [1.165, 1.54) is 0 Å². The fourth-order valence-corrected chi connectivity index (χ4v) is 2.47. The third kappa shape index (κ3) is 2.02. The Morgan fingerprint density at radius 3 is 3.00 bits per heavy atom. The van der Waals surface area contributed by atoms with Crippen molar-refractivity contribution in [3.05, 3.63) is 36.0 Å². The second-order valence-corrected chi connectivity index (χ2v) is 4.65. The average Bonchev–Trinajstić information content (AvgIpc) is 3.07. The molecule has 7 nitrogen and oxygen atoms in total. The Morgan fingerprint density at radius 1 is 1.45 bits per heavy atom. The first-order valence-corrected chi connectivity index (χ1v) is 6.86. The Labute approximate surface area is 126 Å². The minimum Gasteiger partial charge on any atom is -0.462 e. The van der Waals surface area contributed by atoms with Crippen molar-refractivity contribution >= 4 is 27.9 Å². The van der Waals surface area contributed by atoms with Gasteiger partial charge < -0.3 is 9.57 Å². The monoisotopic (exact) mass is 301 g/mol. The molecule has 0 radical (unpaired) electrons. The molecular formula is C15H15N3O4. The van der Waals surface area contributed by atoms with Crippen molar-refractivity contribution in [3.63, 3.8) is 0 Å². The lowest BCUT2D eigenvalue weighted by molar-refractivity contribution is 0.0524. The molecule has 114 valence electrons. The highest BCUT2D eigenvalue weighted by Crippen LogP contribution is 2.31. The van der Waals surface area contributed by atoms with Crippen LogP contribution in [0.5, 0.6) is 0 Å². The van der Waals surface area contributed by atoms with Crippen molar-refractivity contribution < 1.29 is 19.0 Å². The zero-order valence-electron chi connectivity index (χ0n) is 12.3. The van der Waals surface area contributed by atoms with Crippen LogP contribution in [0, 0.1) is 6.92 Å². The van der Waals surface area contributed by atoms with Crippen LogP contribution in [0.3, 0.4) is 0 Å². The maximum Gasteiger partial charge on any atom is 0.340 e. The number of benzene rings is 1. The molecule has 0 N–H and O–H groups in total. The van der Waals surface area contributed by atoms with Crippen LogP contribution >= 0.6 is 0 Å². The molecule has 0 saturated carbocycles. The summed E-state index contributed by atoms with van der Waals surface area (Å²) >= 11 is 0. The molecule has 7 heteroatoms. The van der Waals surface area contributed by atoms with Gasteiger partial charge in [0.15, 0.2) is 0 Å². The van der Waals surface area contributed by atoms with Gasteiger partial charge in [-0.1, -0.05) is 12.7 Å². The smallest absolute Gasteiger partial charge is 0.340 e. The van der Waals surface area contributed by atoms with E-state index in [4.69, 9.17) is 14.2 Å². The highest BCUT2D eigenvalue weighted by molar-refractivity contribution is 6.15. The van der Waals surface area contributed by atoms with Gasteiger partial charge in [0.25, 0.3) is 0 Å². The first-order valence-electron chi connectivity index (χ1n) is 6.86. The molecule has 0 saturated heterocycles. The lowest BCUT2D eigenvalue weighted by Crippen LogP contribution is -2.14. The Bertz CT molecular complexity index is 863. The first kappa shape index (κ1) is 14.1. The molecule has 22 heavy (non-hydrogen) atoms. The van der Waals surface area contributed by atoms with Crippen molar-refractivity contribution in [3.8, 4) is 0 Å². The van der Waals surface area contributed by atoms with Crippen molar-refractivity contribution in [2.24, 2.45) is 0 Å². The number of esters is 1. The summed E-state index contributed by atoms with van der Waals surface area (Å²) in [5, 5.41) is 8.32. The van der Waals surface area contributed by atoms with E-state index >= 15 is 0 Å². The summed E-state index contributed by atoms with van der Waals surface area (Å²) in [4.78, 5) is 18.0. The number of aromatic nitrogens is 3. The average molecular weight is 301 g/mol. The van der Waals surface area contributed by atoms with E-state index in [-0.39, 0.29) is 6.61 Å². The first-order chi connectivity index (χ1) is 10.7. The highest BCUT2D eigenvalue weighted by Gasteiger charge is 2.25. The molecule has 3 aromatic rings. The van der Waals surface area contributed by atoms with Crippen LogP contribution in [-0.2, 0) is 4.74 Å². The van der Waals surface area contributed by atoms with Gasteiger partial charge in [-0.3, -0.25) is 0 Å². The maximum absolute atomic E-state index is 12.3. The number of ether oxygens (including phenoxy) is 1. The molecule has 0 fully saturated rings. The summed E-state index contributed by atoms with van der Waals surface area (Å²) in [5.41, 5.74) is 2.81. The molecule has 0 atom stereocenters. The fourth-order valence-electron chi connectivity index (χ4n) is 2.47. The molecule has 0 bridgehead atoms. The predicted octanol–water partition coefficient (Wildman–Crippen LogP) is 2.28. The Kier molecular flexibility index (Phi) is 3.54. The SMILES string of the molecule is C=CCOn1c(C)c(C(=O)OCC)c2c3nonc3ccc21. The predicted molar refractivity (Wildman–Crippen MR) is 79.6 cm³/mol. The van der Waals surface area contributed by atoms with Gasteiger partial charge in [0.05, 0.1) is 23.4 Å². The molecule has 2 aromatic heterocycles. The van der Waals surface area contributed by atoms with Gasteiger partial charge in [-0.15, -0.1) is 0 Å². The molecule has 2 heterocycles. The van der Waals surface area contributed by atoms with E-state index in [9.17, 15) is 4.79 Å². The van der Waals surface area contributed by atoms with Crippen molar-refractivity contribution in [1.82, 2.24) is 15.0 Å². The zero-order valence-corrected chi connectivity index (χ0v) is 12.3. The number of carbonyl (C=O) groups is 1. The molecular weight excluding hydrogens is 286 g/mol. The molecule has 1 aromatic carbocycles. The lowest BCUT2D eigenvalue weighted by atomic mass is 10.1. The van der Waals surface area contributed by atoms with Crippen molar-refractivity contribution in [1.29, 1.82) is 0 Å². The molecule has 0 aliphatic rings. The standard InChI is InChI=1S/C15H15N3O4/c1-4-8-21-18-9(3)12(15(19)20-5-2)13-11(18)7-6-10-14(13)17-22-16-10/h4,6-7H,1,5,8H2,2-3H3. The molecule has 0 amide bonds. The van der Waals surface area contributed by atoms with Crippen LogP contribution in [0.25, 0.3) is 21.9 Å². The Hall–Kier alpha value is -2.83. The highest BCUT2D eigenvalue weighted by atomic mass is 16.7. The molecule has 0 aliphatic carbocycles. The van der Waals surface area contributed by atoms with E-state index in [0.717, 1.165) is 0 Å². The van der Waals surface area contributed by atoms with Crippen LogP contribution in [-0.4, -0.2) is 34.2 Å². The topological polar surface area (TPSA) is 79.4 Å². The molecule has 0 unspecified atom stereocenters. The summed E-state index contributed by atoms with van der Waals surface area (Å²) in [6.45, 7) is 7.77. The lowest BCUT2D eigenvalue weighted by Gasteiger charge is -2.08. The number of hydrogen-bond acceptors (Lipinski definition) is 6.